The van der Waals surface area contributed by atoms with Gasteiger partial charge in [-0.2, -0.15) is 0 Å². The first-order valence-electron chi connectivity index (χ1n) is 6.29. The first-order valence-corrected chi connectivity index (χ1v) is 6.29. The normalized spacial score (nSPS) is 10.5. The van der Waals surface area contributed by atoms with Crippen LogP contribution in [0, 0.1) is 0 Å². The molecule has 0 saturated carbocycles. The van der Waals surface area contributed by atoms with Crippen LogP contribution in [0.15, 0.2) is 54.7 Å². The number of nitrogens with zero attached hydrogens (tertiary/aromatic N) is 1. The van der Waals surface area contributed by atoms with E-state index in [1.807, 2.05) is 30.3 Å². The Labute approximate surface area is 120 Å². The van der Waals surface area contributed by atoms with Crippen LogP contribution < -0.4 is 10.5 Å². The number of benzene rings is 2. The molecule has 1 aromatic heterocycles. The van der Waals surface area contributed by atoms with E-state index in [0.717, 1.165) is 10.9 Å². The van der Waals surface area contributed by atoms with Crippen LogP contribution in [0.25, 0.3) is 10.9 Å². The van der Waals surface area contributed by atoms with Gasteiger partial charge in [-0.1, -0.05) is 18.2 Å². The van der Waals surface area contributed by atoms with Gasteiger partial charge in [0.2, 0.25) is 0 Å². The molecule has 0 spiro atoms. The van der Waals surface area contributed by atoms with Gasteiger partial charge in [-0.25, -0.2) is 4.79 Å². The number of para-hydroxylation sites is 1. The molecule has 0 aliphatic heterocycles. The van der Waals surface area contributed by atoms with Gasteiger partial charge in [0.1, 0.15) is 5.75 Å². The van der Waals surface area contributed by atoms with E-state index in [2.05, 4.69) is 4.98 Å². The van der Waals surface area contributed by atoms with Gasteiger partial charge < -0.3 is 15.6 Å². The summed E-state index contributed by atoms with van der Waals surface area (Å²) < 4.78 is 5.66. The third-order valence-corrected chi connectivity index (χ3v) is 3.05. The lowest BCUT2D eigenvalue weighted by Crippen LogP contribution is -1.99. The largest absolute Gasteiger partial charge is 0.478 e. The van der Waals surface area contributed by atoms with Gasteiger partial charge in [0, 0.05) is 5.39 Å². The zero-order valence-corrected chi connectivity index (χ0v) is 11.0. The summed E-state index contributed by atoms with van der Waals surface area (Å²) >= 11 is 0. The summed E-state index contributed by atoms with van der Waals surface area (Å²) in [6.45, 7) is 0. The molecule has 0 radical (unpaired) electrons. The molecule has 3 N–H and O–H groups in total. The van der Waals surface area contributed by atoms with Gasteiger partial charge in [0.15, 0.2) is 5.75 Å². The molecular formula is C16H12N2O3. The number of hydrogen-bond acceptors (Lipinski definition) is 4. The lowest BCUT2D eigenvalue weighted by Gasteiger charge is -2.09. The molecule has 0 unspecified atom stereocenters. The van der Waals surface area contributed by atoms with Crippen LogP contribution in [0.5, 0.6) is 11.5 Å². The highest BCUT2D eigenvalue weighted by Crippen LogP contribution is 2.29. The van der Waals surface area contributed by atoms with Crippen LogP contribution >= 0.6 is 0 Å². The summed E-state index contributed by atoms with van der Waals surface area (Å²) in [4.78, 5) is 15.3. The number of aromatic carboxylic acids is 1. The molecule has 0 saturated heterocycles. The Morgan fingerprint density at radius 2 is 1.95 bits per heavy atom. The Bertz CT molecular complexity index is 831. The van der Waals surface area contributed by atoms with Gasteiger partial charge in [-0.15, -0.1) is 0 Å². The van der Waals surface area contributed by atoms with Crippen LogP contribution in [0.4, 0.5) is 5.69 Å². The first-order chi connectivity index (χ1) is 10.1. The molecule has 0 aliphatic carbocycles. The van der Waals surface area contributed by atoms with Crippen molar-refractivity contribution in [3.63, 3.8) is 0 Å². The van der Waals surface area contributed by atoms with Crippen molar-refractivity contribution in [2.45, 2.75) is 0 Å². The van der Waals surface area contributed by atoms with Crippen molar-refractivity contribution >= 4 is 22.6 Å². The quantitative estimate of drug-likeness (QED) is 0.719. The summed E-state index contributed by atoms with van der Waals surface area (Å²) in [5, 5.41) is 9.93. The van der Waals surface area contributed by atoms with E-state index in [4.69, 9.17) is 15.6 Å². The number of nitrogen functional groups attached to an aromatic ring is 1. The molecule has 0 bridgehead atoms. The second-order valence-electron chi connectivity index (χ2n) is 4.52. The summed E-state index contributed by atoms with van der Waals surface area (Å²) in [5.74, 6) is -0.230. The number of anilines is 1. The number of carbonyl (C=O) groups is 1. The number of carboxylic acids is 1. The van der Waals surface area contributed by atoms with Crippen LogP contribution in [-0.4, -0.2) is 16.1 Å². The van der Waals surface area contributed by atoms with Crippen molar-refractivity contribution < 1.29 is 14.6 Å². The average Bonchev–Trinajstić information content (AvgIpc) is 2.49. The second-order valence-corrected chi connectivity index (χ2v) is 4.52. The fraction of sp³-hybridized carbons (Fsp3) is 0. The molecule has 2 aromatic carbocycles. The summed E-state index contributed by atoms with van der Waals surface area (Å²) in [5.41, 5.74) is 7.16. The van der Waals surface area contributed by atoms with Gasteiger partial charge in [-0.3, -0.25) is 4.98 Å². The Kier molecular flexibility index (Phi) is 3.16. The number of pyridine rings is 1. The lowest BCUT2D eigenvalue weighted by atomic mass is 10.2. The third kappa shape index (κ3) is 2.62. The molecule has 5 nitrogen and oxygen atoms in total. The third-order valence-electron chi connectivity index (χ3n) is 3.05. The number of hydrogen-bond donors (Lipinski definition) is 2. The van der Waals surface area contributed by atoms with Crippen molar-refractivity contribution in [2.24, 2.45) is 0 Å². The van der Waals surface area contributed by atoms with Crippen LogP contribution in [0.1, 0.15) is 10.4 Å². The standard InChI is InChI=1S/C16H12N2O3/c17-13-6-5-11(16(19)20)8-15(13)21-12-7-10-3-1-2-4-14(10)18-9-12/h1-9H,17H2,(H,19,20). The fourth-order valence-corrected chi connectivity index (χ4v) is 1.99. The Hall–Kier alpha value is -3.08. The van der Waals surface area contributed by atoms with Gasteiger partial charge in [0.05, 0.1) is 23.0 Å². The zero-order valence-electron chi connectivity index (χ0n) is 11.0. The van der Waals surface area contributed by atoms with E-state index in [-0.39, 0.29) is 5.56 Å². The number of rotatable bonds is 3. The van der Waals surface area contributed by atoms with Crippen LogP contribution in [0.2, 0.25) is 0 Å². The van der Waals surface area contributed by atoms with E-state index in [1.165, 1.54) is 18.2 Å². The minimum absolute atomic E-state index is 0.118. The first kappa shape index (κ1) is 12.9. The number of carboxylic acid groups (broad SMARTS) is 1. The highest BCUT2D eigenvalue weighted by molar-refractivity contribution is 5.89. The maximum Gasteiger partial charge on any atom is 0.335 e. The Morgan fingerprint density at radius 1 is 1.14 bits per heavy atom. The Morgan fingerprint density at radius 3 is 2.76 bits per heavy atom. The SMILES string of the molecule is Nc1ccc(C(=O)O)cc1Oc1cnc2ccccc2c1. The van der Waals surface area contributed by atoms with Gasteiger partial charge in [0.25, 0.3) is 0 Å². The molecule has 104 valence electrons. The Balaban J connectivity index is 1.98. The van der Waals surface area contributed by atoms with Crippen molar-refractivity contribution in [1.82, 2.24) is 4.98 Å². The zero-order chi connectivity index (χ0) is 14.8. The second kappa shape index (κ2) is 5.13. The average molecular weight is 280 g/mol. The van der Waals surface area contributed by atoms with Crippen molar-refractivity contribution in [1.29, 1.82) is 0 Å². The molecule has 5 heteroatoms. The van der Waals surface area contributed by atoms with Crippen LogP contribution in [-0.2, 0) is 0 Å². The maximum atomic E-state index is 11.0. The van der Waals surface area contributed by atoms with E-state index in [9.17, 15) is 4.79 Å². The summed E-state index contributed by atoms with van der Waals surface area (Å²) in [6, 6.07) is 13.8. The molecule has 0 fully saturated rings. The molecule has 3 aromatic rings. The minimum atomic E-state index is -1.03. The number of nitrogens with two attached hydrogens (primary N) is 1. The number of ether oxygens (including phenoxy) is 1. The van der Waals surface area contributed by atoms with Crippen molar-refractivity contribution in [3.05, 3.63) is 60.3 Å². The maximum absolute atomic E-state index is 11.0. The smallest absolute Gasteiger partial charge is 0.335 e. The molecule has 0 aliphatic rings. The van der Waals surface area contributed by atoms with Gasteiger partial charge >= 0.3 is 5.97 Å². The van der Waals surface area contributed by atoms with E-state index in [1.54, 1.807) is 6.20 Å². The molecule has 21 heavy (non-hydrogen) atoms. The molecule has 0 amide bonds. The monoisotopic (exact) mass is 280 g/mol. The predicted octanol–water partition coefficient (Wildman–Crippen LogP) is 3.31. The molecular weight excluding hydrogens is 268 g/mol. The number of fused-ring (bicyclic) bond motifs is 1. The summed E-state index contributed by atoms with van der Waals surface area (Å²) in [6.07, 6.45) is 1.58. The molecule has 1 heterocycles. The van der Waals surface area contributed by atoms with Crippen LogP contribution in [0.3, 0.4) is 0 Å². The summed E-state index contributed by atoms with van der Waals surface area (Å²) in [7, 11) is 0. The minimum Gasteiger partial charge on any atom is -0.478 e. The molecule has 3 rings (SSSR count). The predicted molar refractivity (Wildman–Crippen MR) is 79.6 cm³/mol. The highest BCUT2D eigenvalue weighted by Gasteiger charge is 2.09. The van der Waals surface area contributed by atoms with Gasteiger partial charge in [-0.05, 0) is 30.3 Å². The van der Waals surface area contributed by atoms with E-state index >= 15 is 0 Å². The highest BCUT2D eigenvalue weighted by atomic mass is 16.5. The molecule has 0 atom stereocenters. The van der Waals surface area contributed by atoms with Crippen molar-refractivity contribution in [2.75, 3.05) is 5.73 Å². The topological polar surface area (TPSA) is 85.4 Å². The lowest BCUT2D eigenvalue weighted by molar-refractivity contribution is 0.0696. The van der Waals surface area contributed by atoms with Crippen molar-refractivity contribution in [3.8, 4) is 11.5 Å². The van der Waals surface area contributed by atoms with E-state index < -0.39 is 5.97 Å². The fourth-order valence-electron chi connectivity index (χ4n) is 1.99. The number of aromatic nitrogens is 1. The van der Waals surface area contributed by atoms with E-state index in [0.29, 0.717) is 17.2 Å².